The summed E-state index contributed by atoms with van der Waals surface area (Å²) in [5.41, 5.74) is 1.13. The SMILES string of the molecule is CC(C)=CCOc1ccc(C=O)cc1[N+](=O)[O-]. The van der Waals surface area contributed by atoms with Crippen LogP contribution in [-0.4, -0.2) is 17.8 Å². The molecule has 0 aliphatic rings. The second-order valence-electron chi connectivity index (χ2n) is 3.69. The van der Waals surface area contributed by atoms with Gasteiger partial charge in [0.15, 0.2) is 5.75 Å². The lowest BCUT2D eigenvalue weighted by Gasteiger charge is -2.04. The summed E-state index contributed by atoms with van der Waals surface area (Å²) in [6, 6.07) is 4.11. The molecule has 0 radical (unpaired) electrons. The first-order valence-corrected chi connectivity index (χ1v) is 5.04. The Morgan fingerprint density at radius 3 is 2.71 bits per heavy atom. The van der Waals surface area contributed by atoms with E-state index in [4.69, 9.17) is 4.74 Å². The van der Waals surface area contributed by atoms with Crippen LogP contribution in [0.2, 0.25) is 0 Å². The molecule has 5 nitrogen and oxygen atoms in total. The molecule has 0 spiro atoms. The van der Waals surface area contributed by atoms with Crippen LogP contribution in [0.3, 0.4) is 0 Å². The summed E-state index contributed by atoms with van der Waals surface area (Å²) in [5, 5.41) is 10.8. The maximum absolute atomic E-state index is 10.8. The molecule has 0 atom stereocenters. The number of hydrogen-bond acceptors (Lipinski definition) is 4. The van der Waals surface area contributed by atoms with Crippen molar-refractivity contribution in [3.63, 3.8) is 0 Å². The van der Waals surface area contributed by atoms with E-state index in [0.717, 1.165) is 5.57 Å². The molecule has 0 aromatic heterocycles. The molecule has 1 rings (SSSR count). The number of benzene rings is 1. The first-order chi connectivity index (χ1) is 8.04. The number of ether oxygens (including phenoxy) is 1. The lowest BCUT2D eigenvalue weighted by atomic mass is 10.2. The molecule has 0 saturated carbocycles. The van der Waals surface area contributed by atoms with E-state index in [0.29, 0.717) is 6.29 Å². The lowest BCUT2D eigenvalue weighted by Crippen LogP contribution is -1.99. The fourth-order valence-corrected chi connectivity index (χ4v) is 1.17. The molecule has 90 valence electrons. The molecule has 0 amide bonds. The minimum Gasteiger partial charge on any atom is -0.483 e. The molecule has 17 heavy (non-hydrogen) atoms. The van der Waals surface area contributed by atoms with Gasteiger partial charge in [-0.3, -0.25) is 14.9 Å². The zero-order chi connectivity index (χ0) is 12.8. The summed E-state index contributed by atoms with van der Waals surface area (Å²) in [5.74, 6) is 0.165. The molecular weight excluding hydrogens is 222 g/mol. The number of allylic oxidation sites excluding steroid dienone is 1. The maximum atomic E-state index is 10.8. The van der Waals surface area contributed by atoms with Crippen LogP contribution in [0.15, 0.2) is 29.8 Å². The Bertz CT molecular complexity index is 462. The quantitative estimate of drug-likeness (QED) is 0.340. The predicted molar refractivity (Wildman–Crippen MR) is 63.4 cm³/mol. The van der Waals surface area contributed by atoms with Crippen LogP contribution in [-0.2, 0) is 0 Å². The van der Waals surface area contributed by atoms with Gasteiger partial charge in [0, 0.05) is 11.6 Å². The van der Waals surface area contributed by atoms with Crippen molar-refractivity contribution >= 4 is 12.0 Å². The number of carbonyl (C=O) groups is 1. The Kier molecular flexibility index (Phi) is 4.39. The van der Waals surface area contributed by atoms with Crippen molar-refractivity contribution in [1.29, 1.82) is 0 Å². The van der Waals surface area contributed by atoms with E-state index < -0.39 is 4.92 Å². The van der Waals surface area contributed by atoms with Gasteiger partial charge in [0.2, 0.25) is 0 Å². The zero-order valence-corrected chi connectivity index (χ0v) is 9.67. The van der Waals surface area contributed by atoms with Crippen molar-refractivity contribution in [2.45, 2.75) is 13.8 Å². The Balaban J connectivity index is 2.94. The van der Waals surface area contributed by atoms with Crippen LogP contribution in [0.5, 0.6) is 5.75 Å². The van der Waals surface area contributed by atoms with Crippen molar-refractivity contribution in [3.05, 3.63) is 45.5 Å². The normalized spacial score (nSPS) is 9.53. The number of nitro groups is 1. The van der Waals surface area contributed by atoms with Gasteiger partial charge >= 0.3 is 5.69 Å². The summed E-state index contributed by atoms with van der Waals surface area (Å²) >= 11 is 0. The zero-order valence-electron chi connectivity index (χ0n) is 9.67. The fourth-order valence-electron chi connectivity index (χ4n) is 1.17. The van der Waals surface area contributed by atoms with E-state index in [1.165, 1.54) is 18.2 Å². The molecule has 0 N–H and O–H groups in total. The molecule has 0 bridgehead atoms. The van der Waals surface area contributed by atoms with Crippen molar-refractivity contribution in [2.75, 3.05) is 6.61 Å². The average Bonchev–Trinajstić information content (AvgIpc) is 2.28. The molecular formula is C12H13NO4. The minimum atomic E-state index is -0.565. The largest absolute Gasteiger partial charge is 0.483 e. The van der Waals surface area contributed by atoms with Crippen molar-refractivity contribution in [1.82, 2.24) is 0 Å². The summed E-state index contributed by atoms with van der Waals surface area (Å²) in [6.45, 7) is 4.09. The molecule has 1 aromatic rings. The van der Waals surface area contributed by atoms with E-state index in [9.17, 15) is 14.9 Å². The van der Waals surface area contributed by atoms with Gasteiger partial charge in [-0.05, 0) is 32.1 Å². The Morgan fingerprint density at radius 2 is 2.18 bits per heavy atom. The fraction of sp³-hybridized carbons (Fsp3) is 0.250. The smallest absolute Gasteiger partial charge is 0.311 e. The number of carbonyl (C=O) groups excluding carboxylic acids is 1. The third kappa shape index (κ3) is 3.71. The summed E-state index contributed by atoms with van der Waals surface area (Å²) in [6.07, 6.45) is 2.38. The molecule has 0 heterocycles. The third-order valence-electron chi connectivity index (χ3n) is 2.05. The molecule has 0 aliphatic carbocycles. The number of hydrogen-bond donors (Lipinski definition) is 0. The van der Waals surface area contributed by atoms with E-state index >= 15 is 0 Å². The highest BCUT2D eigenvalue weighted by Crippen LogP contribution is 2.27. The molecule has 0 saturated heterocycles. The number of nitrogens with zero attached hydrogens (tertiary/aromatic N) is 1. The standard InChI is InChI=1S/C12H13NO4/c1-9(2)5-6-17-12-4-3-10(8-14)7-11(12)13(15)16/h3-5,7-8H,6H2,1-2H3. The van der Waals surface area contributed by atoms with E-state index in [1.54, 1.807) is 0 Å². The van der Waals surface area contributed by atoms with E-state index in [2.05, 4.69) is 0 Å². The third-order valence-corrected chi connectivity index (χ3v) is 2.05. The first kappa shape index (κ1) is 12.9. The van der Waals surface area contributed by atoms with Crippen LogP contribution in [0.4, 0.5) is 5.69 Å². The topological polar surface area (TPSA) is 69.4 Å². The maximum Gasteiger partial charge on any atom is 0.311 e. The second-order valence-corrected chi connectivity index (χ2v) is 3.69. The van der Waals surface area contributed by atoms with Crippen LogP contribution in [0, 0.1) is 10.1 Å². The summed E-state index contributed by atoms with van der Waals surface area (Å²) < 4.78 is 5.27. The van der Waals surface area contributed by atoms with E-state index in [-0.39, 0.29) is 23.6 Å². The first-order valence-electron chi connectivity index (χ1n) is 5.04. The van der Waals surface area contributed by atoms with Gasteiger partial charge in [0.05, 0.1) is 4.92 Å². The average molecular weight is 235 g/mol. The van der Waals surface area contributed by atoms with Crippen molar-refractivity contribution in [2.24, 2.45) is 0 Å². The summed E-state index contributed by atoms with van der Waals surface area (Å²) in [4.78, 5) is 20.7. The number of nitro benzene ring substituents is 1. The highest BCUT2D eigenvalue weighted by atomic mass is 16.6. The van der Waals surface area contributed by atoms with Crippen LogP contribution >= 0.6 is 0 Å². The van der Waals surface area contributed by atoms with Gasteiger partial charge in [-0.2, -0.15) is 0 Å². The van der Waals surface area contributed by atoms with Gasteiger partial charge in [0.1, 0.15) is 12.9 Å². The van der Waals surface area contributed by atoms with Gasteiger partial charge in [-0.1, -0.05) is 5.57 Å². The molecule has 0 aliphatic heterocycles. The van der Waals surface area contributed by atoms with Gasteiger partial charge < -0.3 is 4.74 Å². The van der Waals surface area contributed by atoms with Gasteiger partial charge in [0.25, 0.3) is 0 Å². The Labute approximate surface area is 98.9 Å². The van der Waals surface area contributed by atoms with Gasteiger partial charge in [-0.25, -0.2) is 0 Å². The van der Waals surface area contributed by atoms with Gasteiger partial charge in [-0.15, -0.1) is 0 Å². The summed E-state index contributed by atoms with van der Waals surface area (Å²) in [7, 11) is 0. The monoisotopic (exact) mass is 235 g/mol. The number of aldehydes is 1. The van der Waals surface area contributed by atoms with Crippen LogP contribution in [0.25, 0.3) is 0 Å². The molecule has 5 heteroatoms. The minimum absolute atomic E-state index is 0.165. The van der Waals surface area contributed by atoms with Crippen LogP contribution < -0.4 is 4.74 Å². The predicted octanol–water partition coefficient (Wildman–Crippen LogP) is 2.75. The lowest BCUT2D eigenvalue weighted by molar-refractivity contribution is -0.385. The van der Waals surface area contributed by atoms with Crippen LogP contribution in [0.1, 0.15) is 24.2 Å². The molecule has 0 fully saturated rings. The highest BCUT2D eigenvalue weighted by molar-refractivity contribution is 5.77. The molecule has 0 unspecified atom stereocenters. The van der Waals surface area contributed by atoms with E-state index in [1.807, 2.05) is 19.9 Å². The van der Waals surface area contributed by atoms with Crippen molar-refractivity contribution in [3.8, 4) is 5.75 Å². The Morgan fingerprint density at radius 1 is 1.47 bits per heavy atom. The number of rotatable bonds is 5. The second kappa shape index (κ2) is 5.79. The van der Waals surface area contributed by atoms with Crippen molar-refractivity contribution < 1.29 is 14.5 Å². The Hall–Kier alpha value is -2.17. The highest BCUT2D eigenvalue weighted by Gasteiger charge is 2.15. The molecule has 1 aromatic carbocycles.